The largest absolute Gasteiger partial charge is 0.371 e. The molecule has 7 nitrogen and oxygen atoms in total. The Kier molecular flexibility index (Phi) is 6.41. The molecule has 0 aromatic heterocycles. The van der Waals surface area contributed by atoms with Crippen LogP contribution in [0.1, 0.15) is 73.7 Å². The quantitative estimate of drug-likeness (QED) is 0.696. The van der Waals surface area contributed by atoms with Gasteiger partial charge in [-0.3, -0.25) is 19.7 Å². The Morgan fingerprint density at radius 1 is 1.00 bits per heavy atom. The number of fused-ring (bicyclic) bond motifs is 1. The molecule has 3 heterocycles. The van der Waals surface area contributed by atoms with E-state index in [1.54, 1.807) is 4.90 Å². The molecule has 1 aromatic rings. The highest BCUT2D eigenvalue weighted by Crippen LogP contribution is 2.32. The molecule has 4 aliphatic rings. The number of nitrogens with zero attached hydrogens (tertiary/aromatic N) is 3. The highest BCUT2D eigenvalue weighted by molar-refractivity contribution is 6.05. The number of piperidine rings is 2. The lowest BCUT2D eigenvalue weighted by atomic mass is 9.88. The van der Waals surface area contributed by atoms with E-state index < -0.39 is 6.04 Å². The molecule has 3 aliphatic heterocycles. The fourth-order valence-electron chi connectivity index (χ4n) is 6.25. The number of hydrogen-bond acceptors (Lipinski definition) is 5. The van der Waals surface area contributed by atoms with Gasteiger partial charge in [-0.2, -0.15) is 0 Å². The lowest BCUT2D eigenvalue weighted by molar-refractivity contribution is -0.136. The Morgan fingerprint density at radius 3 is 2.48 bits per heavy atom. The van der Waals surface area contributed by atoms with E-state index in [2.05, 4.69) is 34.3 Å². The van der Waals surface area contributed by atoms with Crippen LogP contribution in [0.2, 0.25) is 0 Å². The molecule has 33 heavy (non-hydrogen) atoms. The fourth-order valence-corrected chi connectivity index (χ4v) is 6.25. The summed E-state index contributed by atoms with van der Waals surface area (Å²) >= 11 is 0. The van der Waals surface area contributed by atoms with Gasteiger partial charge in [-0.25, -0.2) is 0 Å². The summed E-state index contributed by atoms with van der Waals surface area (Å²) in [7, 11) is 2.31. The number of rotatable bonds is 5. The molecule has 0 radical (unpaired) electrons. The number of nitrogens with one attached hydrogen (secondary N) is 1. The zero-order valence-electron chi connectivity index (χ0n) is 19.7. The van der Waals surface area contributed by atoms with Crippen LogP contribution in [-0.4, -0.2) is 66.3 Å². The molecule has 1 unspecified atom stereocenters. The van der Waals surface area contributed by atoms with Crippen molar-refractivity contribution in [3.8, 4) is 0 Å². The second kappa shape index (κ2) is 9.45. The Morgan fingerprint density at radius 2 is 1.76 bits per heavy atom. The number of benzene rings is 1. The zero-order chi connectivity index (χ0) is 22.9. The van der Waals surface area contributed by atoms with Crippen LogP contribution in [0, 0.1) is 5.92 Å². The monoisotopic (exact) mass is 452 g/mol. The first-order valence-corrected chi connectivity index (χ1v) is 12.7. The van der Waals surface area contributed by atoms with Crippen LogP contribution in [-0.2, 0) is 16.1 Å². The maximum atomic E-state index is 12.9. The molecular weight excluding hydrogens is 416 g/mol. The van der Waals surface area contributed by atoms with Crippen LogP contribution in [0.5, 0.6) is 0 Å². The van der Waals surface area contributed by atoms with Gasteiger partial charge in [-0.15, -0.1) is 0 Å². The molecule has 1 atom stereocenters. The number of carbonyl (C=O) groups is 3. The van der Waals surface area contributed by atoms with Crippen LogP contribution in [0.3, 0.4) is 0 Å². The first kappa shape index (κ1) is 22.4. The van der Waals surface area contributed by atoms with Gasteiger partial charge in [0.05, 0.1) is 0 Å². The molecule has 3 amide bonds. The molecule has 3 fully saturated rings. The van der Waals surface area contributed by atoms with Gasteiger partial charge in [-0.05, 0) is 68.8 Å². The van der Waals surface area contributed by atoms with E-state index in [-0.39, 0.29) is 24.1 Å². The van der Waals surface area contributed by atoms with Crippen molar-refractivity contribution in [2.24, 2.45) is 5.92 Å². The summed E-state index contributed by atoms with van der Waals surface area (Å²) in [4.78, 5) is 43.4. The van der Waals surface area contributed by atoms with Crippen molar-refractivity contribution in [2.45, 2.75) is 76.4 Å². The lowest BCUT2D eigenvalue weighted by Crippen LogP contribution is -2.52. The Balaban J connectivity index is 1.18. The van der Waals surface area contributed by atoms with E-state index in [1.807, 2.05) is 6.07 Å². The van der Waals surface area contributed by atoms with Crippen molar-refractivity contribution < 1.29 is 14.4 Å². The Hall–Kier alpha value is -2.41. The third kappa shape index (κ3) is 4.65. The summed E-state index contributed by atoms with van der Waals surface area (Å²) in [6, 6.07) is 6.20. The summed E-state index contributed by atoms with van der Waals surface area (Å²) in [6.07, 6.45) is 10.0. The van der Waals surface area contributed by atoms with E-state index in [4.69, 9.17) is 0 Å². The Labute approximate surface area is 196 Å². The lowest BCUT2D eigenvalue weighted by Gasteiger charge is -2.39. The van der Waals surface area contributed by atoms with Gasteiger partial charge in [0.1, 0.15) is 6.04 Å². The molecule has 5 rings (SSSR count). The van der Waals surface area contributed by atoms with Crippen LogP contribution in [0.15, 0.2) is 18.2 Å². The van der Waals surface area contributed by atoms with Crippen molar-refractivity contribution in [2.75, 3.05) is 31.6 Å². The number of amides is 3. The van der Waals surface area contributed by atoms with Crippen molar-refractivity contribution in [3.05, 3.63) is 29.3 Å². The second-order valence-corrected chi connectivity index (χ2v) is 10.4. The molecule has 1 aliphatic carbocycles. The number of anilines is 1. The predicted molar refractivity (Wildman–Crippen MR) is 127 cm³/mol. The van der Waals surface area contributed by atoms with Crippen molar-refractivity contribution in [1.29, 1.82) is 0 Å². The summed E-state index contributed by atoms with van der Waals surface area (Å²) in [5.41, 5.74) is 2.84. The number of hydrogen-bond donors (Lipinski definition) is 1. The van der Waals surface area contributed by atoms with Crippen molar-refractivity contribution >= 4 is 23.4 Å². The van der Waals surface area contributed by atoms with Gasteiger partial charge in [0.2, 0.25) is 11.8 Å². The standard InChI is InChI=1S/C26H36N4O3/c1-28(16-18-5-3-2-4-6-18)20-11-13-29(14-12-20)21-7-8-22-19(15-21)17-30(26(22)33)23-9-10-24(31)27-25(23)32/h7-8,15,18,20,23H,2-6,9-14,16-17H2,1H3,(H,27,31,32). The highest BCUT2D eigenvalue weighted by atomic mass is 16.2. The highest BCUT2D eigenvalue weighted by Gasteiger charge is 2.39. The molecule has 2 saturated heterocycles. The normalized spacial score (nSPS) is 25.0. The average Bonchev–Trinajstić information content (AvgIpc) is 3.15. The van der Waals surface area contributed by atoms with Gasteiger partial charge in [0, 0.05) is 49.9 Å². The minimum Gasteiger partial charge on any atom is -0.371 e. The van der Waals surface area contributed by atoms with Crippen molar-refractivity contribution in [1.82, 2.24) is 15.1 Å². The first-order valence-electron chi connectivity index (χ1n) is 12.7. The van der Waals surface area contributed by atoms with Crippen LogP contribution in [0.4, 0.5) is 5.69 Å². The molecule has 1 N–H and O–H groups in total. The minimum atomic E-state index is -0.554. The van der Waals surface area contributed by atoms with Crippen LogP contribution < -0.4 is 10.2 Å². The number of carbonyl (C=O) groups excluding carboxylic acids is 3. The van der Waals surface area contributed by atoms with Gasteiger partial charge in [0.25, 0.3) is 5.91 Å². The molecule has 178 valence electrons. The van der Waals surface area contributed by atoms with Crippen LogP contribution in [0.25, 0.3) is 0 Å². The van der Waals surface area contributed by atoms with E-state index in [1.165, 1.54) is 57.2 Å². The summed E-state index contributed by atoms with van der Waals surface area (Å²) in [5, 5.41) is 2.37. The van der Waals surface area contributed by atoms with Gasteiger partial charge < -0.3 is 14.7 Å². The summed E-state index contributed by atoms with van der Waals surface area (Å²) < 4.78 is 0. The summed E-state index contributed by atoms with van der Waals surface area (Å²) in [6.45, 7) is 3.74. The minimum absolute atomic E-state index is 0.103. The predicted octanol–water partition coefficient (Wildman–Crippen LogP) is 2.93. The fraction of sp³-hybridized carbons (Fsp3) is 0.654. The third-order valence-corrected chi connectivity index (χ3v) is 8.23. The molecule has 0 spiro atoms. The molecular formula is C26H36N4O3. The number of imide groups is 1. The smallest absolute Gasteiger partial charge is 0.255 e. The third-order valence-electron chi connectivity index (χ3n) is 8.23. The molecule has 1 saturated carbocycles. The van der Waals surface area contributed by atoms with E-state index >= 15 is 0 Å². The zero-order valence-corrected chi connectivity index (χ0v) is 19.7. The molecule has 1 aromatic carbocycles. The van der Waals surface area contributed by atoms with E-state index in [9.17, 15) is 14.4 Å². The second-order valence-electron chi connectivity index (χ2n) is 10.4. The molecule has 0 bridgehead atoms. The summed E-state index contributed by atoms with van der Waals surface area (Å²) in [5.74, 6) is 0.167. The average molecular weight is 453 g/mol. The maximum Gasteiger partial charge on any atom is 0.255 e. The van der Waals surface area contributed by atoms with Crippen molar-refractivity contribution in [3.63, 3.8) is 0 Å². The van der Waals surface area contributed by atoms with Gasteiger partial charge >= 0.3 is 0 Å². The maximum absolute atomic E-state index is 12.9. The Bertz CT molecular complexity index is 918. The first-order chi connectivity index (χ1) is 16.0. The van der Waals surface area contributed by atoms with E-state index in [0.29, 0.717) is 24.6 Å². The van der Waals surface area contributed by atoms with E-state index in [0.717, 1.165) is 24.6 Å². The van der Waals surface area contributed by atoms with Gasteiger partial charge in [-0.1, -0.05) is 19.3 Å². The van der Waals surface area contributed by atoms with Gasteiger partial charge in [0.15, 0.2) is 0 Å². The van der Waals surface area contributed by atoms with Crippen LogP contribution >= 0.6 is 0 Å². The molecule has 7 heteroatoms. The topological polar surface area (TPSA) is 73.0 Å². The SMILES string of the molecule is CN(CC1CCCCC1)C1CCN(c2ccc3c(c2)CN(C2CCC(=O)NC2=O)C3=O)CC1.